The van der Waals surface area contributed by atoms with Gasteiger partial charge in [-0.15, -0.1) is 0 Å². The van der Waals surface area contributed by atoms with Crippen molar-refractivity contribution in [2.75, 3.05) is 19.4 Å². The smallest absolute Gasteiger partial charge is 0.261 e. The van der Waals surface area contributed by atoms with Gasteiger partial charge in [0.05, 0.1) is 7.11 Å². The van der Waals surface area contributed by atoms with E-state index in [-0.39, 0.29) is 5.91 Å². The van der Waals surface area contributed by atoms with Crippen LogP contribution in [-0.2, 0) is 10.5 Å². The molecule has 2 rings (SSSR count). The first kappa shape index (κ1) is 20.5. The summed E-state index contributed by atoms with van der Waals surface area (Å²) in [5.74, 6) is 2.82. The SMILES string of the molecule is CC[C@H](Oc1ccccc1OC)C(=O)NCCSCc1ccc(Cl)cc1. The van der Waals surface area contributed by atoms with Crippen LogP contribution in [0.25, 0.3) is 0 Å². The molecule has 1 N–H and O–H groups in total. The fraction of sp³-hybridized carbons (Fsp3) is 0.350. The van der Waals surface area contributed by atoms with Crippen molar-refractivity contribution in [3.05, 3.63) is 59.1 Å². The lowest BCUT2D eigenvalue weighted by Gasteiger charge is -2.18. The molecule has 0 saturated heterocycles. The number of thioether (sulfide) groups is 1. The lowest BCUT2D eigenvalue weighted by Crippen LogP contribution is -2.39. The zero-order valence-corrected chi connectivity index (χ0v) is 16.6. The van der Waals surface area contributed by atoms with Crippen LogP contribution in [0.15, 0.2) is 48.5 Å². The molecule has 1 amide bonds. The van der Waals surface area contributed by atoms with E-state index in [0.29, 0.717) is 24.5 Å². The predicted molar refractivity (Wildman–Crippen MR) is 108 cm³/mol. The van der Waals surface area contributed by atoms with E-state index in [1.54, 1.807) is 24.9 Å². The second-order valence-corrected chi connectivity index (χ2v) is 7.18. The number of carbonyl (C=O) groups is 1. The Morgan fingerprint density at radius 2 is 1.85 bits per heavy atom. The summed E-state index contributed by atoms with van der Waals surface area (Å²) in [5.41, 5.74) is 1.22. The molecule has 26 heavy (non-hydrogen) atoms. The number of benzene rings is 2. The van der Waals surface area contributed by atoms with Crippen molar-refractivity contribution in [1.82, 2.24) is 5.32 Å². The van der Waals surface area contributed by atoms with E-state index < -0.39 is 6.10 Å². The van der Waals surface area contributed by atoms with Crippen LogP contribution in [0.1, 0.15) is 18.9 Å². The van der Waals surface area contributed by atoms with Gasteiger partial charge in [0.25, 0.3) is 5.91 Å². The summed E-state index contributed by atoms with van der Waals surface area (Å²) < 4.78 is 11.1. The van der Waals surface area contributed by atoms with Gasteiger partial charge in [0.15, 0.2) is 17.6 Å². The summed E-state index contributed by atoms with van der Waals surface area (Å²) in [5, 5.41) is 3.68. The second-order valence-electron chi connectivity index (χ2n) is 5.64. The summed E-state index contributed by atoms with van der Waals surface area (Å²) in [6.45, 7) is 2.53. The quantitative estimate of drug-likeness (QED) is 0.601. The minimum absolute atomic E-state index is 0.106. The topological polar surface area (TPSA) is 47.6 Å². The van der Waals surface area contributed by atoms with E-state index in [0.717, 1.165) is 16.5 Å². The Hall–Kier alpha value is -1.85. The summed E-state index contributed by atoms with van der Waals surface area (Å²) in [4.78, 5) is 12.3. The number of rotatable bonds is 10. The van der Waals surface area contributed by atoms with Gasteiger partial charge >= 0.3 is 0 Å². The number of para-hydroxylation sites is 2. The van der Waals surface area contributed by atoms with Crippen LogP contribution in [-0.4, -0.2) is 31.4 Å². The fourth-order valence-electron chi connectivity index (χ4n) is 2.32. The van der Waals surface area contributed by atoms with Crippen LogP contribution in [0.4, 0.5) is 0 Å². The van der Waals surface area contributed by atoms with E-state index in [9.17, 15) is 4.79 Å². The Labute approximate surface area is 164 Å². The molecular formula is C20H24ClNO3S. The Kier molecular flexibility index (Phi) is 8.65. The summed E-state index contributed by atoms with van der Waals surface area (Å²) in [6.07, 6.45) is 0.0505. The van der Waals surface area contributed by atoms with Crippen molar-refractivity contribution >= 4 is 29.3 Å². The Morgan fingerprint density at radius 1 is 1.15 bits per heavy atom. The highest BCUT2D eigenvalue weighted by Gasteiger charge is 2.19. The minimum Gasteiger partial charge on any atom is -0.493 e. The van der Waals surface area contributed by atoms with Crippen LogP contribution in [0, 0.1) is 0 Å². The molecular weight excluding hydrogens is 370 g/mol. The molecule has 140 valence electrons. The highest BCUT2D eigenvalue weighted by atomic mass is 35.5. The lowest BCUT2D eigenvalue weighted by atomic mass is 10.2. The average molecular weight is 394 g/mol. The first-order chi connectivity index (χ1) is 12.6. The van der Waals surface area contributed by atoms with Crippen molar-refractivity contribution in [2.24, 2.45) is 0 Å². The minimum atomic E-state index is -0.535. The van der Waals surface area contributed by atoms with E-state index in [1.807, 2.05) is 49.4 Å². The molecule has 0 aromatic heterocycles. The Bertz CT molecular complexity index is 694. The molecule has 4 nitrogen and oxygen atoms in total. The number of amides is 1. The number of ether oxygens (including phenoxy) is 2. The van der Waals surface area contributed by atoms with Gasteiger partial charge in [-0.1, -0.05) is 42.8 Å². The van der Waals surface area contributed by atoms with Crippen LogP contribution < -0.4 is 14.8 Å². The van der Waals surface area contributed by atoms with E-state index in [4.69, 9.17) is 21.1 Å². The highest BCUT2D eigenvalue weighted by molar-refractivity contribution is 7.98. The largest absolute Gasteiger partial charge is 0.493 e. The number of hydrogen-bond donors (Lipinski definition) is 1. The predicted octanol–water partition coefficient (Wildman–Crippen LogP) is 4.56. The van der Waals surface area contributed by atoms with E-state index in [2.05, 4.69) is 5.32 Å². The number of hydrogen-bond acceptors (Lipinski definition) is 4. The van der Waals surface area contributed by atoms with Gasteiger partial charge in [-0.25, -0.2) is 0 Å². The first-order valence-corrected chi connectivity index (χ1v) is 10.1. The van der Waals surface area contributed by atoms with Crippen molar-refractivity contribution in [3.8, 4) is 11.5 Å². The molecule has 0 fully saturated rings. The summed E-state index contributed by atoms with van der Waals surface area (Å²) >= 11 is 7.64. The van der Waals surface area contributed by atoms with E-state index in [1.165, 1.54) is 5.56 Å². The molecule has 0 aliphatic carbocycles. The maximum Gasteiger partial charge on any atom is 0.261 e. The zero-order valence-electron chi connectivity index (χ0n) is 15.0. The van der Waals surface area contributed by atoms with Gasteiger partial charge in [-0.3, -0.25) is 4.79 Å². The molecule has 6 heteroatoms. The molecule has 0 radical (unpaired) electrons. The zero-order chi connectivity index (χ0) is 18.8. The normalized spacial score (nSPS) is 11.7. The molecule has 0 spiro atoms. The molecule has 2 aromatic rings. The third kappa shape index (κ3) is 6.46. The number of nitrogens with one attached hydrogen (secondary N) is 1. The molecule has 0 bridgehead atoms. The van der Waals surface area contributed by atoms with Crippen molar-refractivity contribution in [3.63, 3.8) is 0 Å². The fourth-order valence-corrected chi connectivity index (χ4v) is 3.27. The van der Waals surface area contributed by atoms with Crippen molar-refractivity contribution in [1.29, 1.82) is 0 Å². The lowest BCUT2D eigenvalue weighted by molar-refractivity contribution is -0.128. The van der Waals surface area contributed by atoms with Crippen LogP contribution in [0.3, 0.4) is 0 Å². The van der Waals surface area contributed by atoms with Crippen molar-refractivity contribution < 1.29 is 14.3 Å². The first-order valence-electron chi connectivity index (χ1n) is 8.53. The summed E-state index contributed by atoms with van der Waals surface area (Å²) in [6, 6.07) is 15.1. The second kappa shape index (κ2) is 11.0. The Balaban J connectivity index is 1.73. The molecule has 0 heterocycles. The van der Waals surface area contributed by atoms with Crippen LogP contribution in [0.2, 0.25) is 5.02 Å². The van der Waals surface area contributed by atoms with Crippen molar-refractivity contribution in [2.45, 2.75) is 25.2 Å². The molecule has 0 aliphatic rings. The molecule has 2 aromatic carbocycles. The maximum atomic E-state index is 12.3. The third-order valence-corrected chi connectivity index (χ3v) is 5.01. The van der Waals surface area contributed by atoms with Gasteiger partial charge in [-0.05, 0) is 36.2 Å². The van der Waals surface area contributed by atoms with E-state index >= 15 is 0 Å². The third-order valence-electron chi connectivity index (χ3n) is 3.73. The molecule has 0 aliphatic heterocycles. The molecule has 0 unspecified atom stereocenters. The standard InChI is InChI=1S/C20H24ClNO3S/c1-3-17(25-19-7-5-4-6-18(19)24-2)20(23)22-12-13-26-14-15-8-10-16(21)11-9-15/h4-11,17H,3,12-14H2,1-2H3,(H,22,23)/t17-/m0/s1. The Morgan fingerprint density at radius 3 is 2.50 bits per heavy atom. The number of methoxy groups -OCH3 is 1. The number of halogens is 1. The molecule has 1 atom stereocenters. The van der Waals surface area contributed by atoms with Crippen LogP contribution in [0.5, 0.6) is 11.5 Å². The van der Waals surface area contributed by atoms with Gasteiger partial charge in [0.1, 0.15) is 0 Å². The highest BCUT2D eigenvalue weighted by Crippen LogP contribution is 2.27. The monoisotopic (exact) mass is 393 g/mol. The summed E-state index contributed by atoms with van der Waals surface area (Å²) in [7, 11) is 1.58. The van der Waals surface area contributed by atoms with Gasteiger partial charge in [0, 0.05) is 23.1 Å². The van der Waals surface area contributed by atoms with Gasteiger partial charge < -0.3 is 14.8 Å². The average Bonchev–Trinajstić information content (AvgIpc) is 2.67. The van der Waals surface area contributed by atoms with Crippen LogP contribution >= 0.6 is 23.4 Å². The molecule has 0 saturated carbocycles. The van der Waals surface area contributed by atoms with Gasteiger partial charge in [-0.2, -0.15) is 11.8 Å². The maximum absolute atomic E-state index is 12.3. The number of carbonyl (C=O) groups excluding carboxylic acids is 1. The van der Waals surface area contributed by atoms with Gasteiger partial charge in [0.2, 0.25) is 0 Å².